The Labute approximate surface area is 239 Å². The number of nitrogens with zero attached hydrogens (tertiary/aromatic N) is 2. The molecule has 0 amide bonds. The fraction of sp³-hybridized carbons (Fsp3) is 0.412. The van der Waals surface area contributed by atoms with Gasteiger partial charge < -0.3 is 9.47 Å². The van der Waals surface area contributed by atoms with Crippen LogP contribution < -0.4 is 9.47 Å². The largest absolute Gasteiger partial charge is 0.497 e. The number of hydrogen-bond donors (Lipinski definition) is 0. The van der Waals surface area contributed by atoms with Crippen molar-refractivity contribution in [1.82, 2.24) is 9.80 Å². The van der Waals surface area contributed by atoms with Gasteiger partial charge in [0, 0.05) is 13.1 Å². The number of hydrogen-bond acceptors (Lipinski definition) is 4. The molecule has 2 aliphatic heterocycles. The first-order valence-electron chi connectivity index (χ1n) is 14.2. The van der Waals surface area contributed by atoms with Gasteiger partial charge >= 0.3 is 0 Å². The molecule has 4 aromatic rings. The standard InChI is InChI=1S/C34H40N2O2.ClH/c1-37-33-9-7-29-19-25(3-5-31(29)21-33)23-35-15-11-27(12-16-35)28-13-17-36(18-14-28)24-26-4-6-32-22-34(38-2)10-8-30(32)20-26;/h3-10,19-22,27-28H,11-18,23-24H2,1-2H3;1H. The van der Waals surface area contributed by atoms with Crippen LogP contribution in [0.15, 0.2) is 72.8 Å². The summed E-state index contributed by atoms with van der Waals surface area (Å²) in [6.45, 7) is 7.04. The third kappa shape index (κ3) is 6.51. The predicted molar refractivity (Wildman–Crippen MR) is 164 cm³/mol. The van der Waals surface area contributed by atoms with E-state index in [-0.39, 0.29) is 12.4 Å². The second-order valence-corrected chi connectivity index (χ2v) is 11.3. The fourth-order valence-corrected chi connectivity index (χ4v) is 6.68. The van der Waals surface area contributed by atoms with Crippen LogP contribution in [0.1, 0.15) is 36.8 Å². The lowest BCUT2D eigenvalue weighted by Crippen LogP contribution is -2.40. The van der Waals surface area contributed by atoms with Crippen LogP contribution in [-0.2, 0) is 13.1 Å². The summed E-state index contributed by atoms with van der Waals surface area (Å²) >= 11 is 0. The fourth-order valence-electron chi connectivity index (χ4n) is 6.68. The number of rotatable bonds is 7. The first kappa shape index (κ1) is 27.8. The van der Waals surface area contributed by atoms with E-state index in [1.807, 2.05) is 0 Å². The summed E-state index contributed by atoms with van der Waals surface area (Å²) in [6, 6.07) is 26.5. The van der Waals surface area contributed by atoms with Crippen LogP contribution in [0.2, 0.25) is 0 Å². The van der Waals surface area contributed by atoms with E-state index in [1.165, 1.54) is 84.5 Å². The van der Waals surface area contributed by atoms with E-state index < -0.39 is 0 Å². The van der Waals surface area contributed by atoms with Crippen molar-refractivity contribution in [3.63, 3.8) is 0 Å². The minimum atomic E-state index is 0. The van der Waals surface area contributed by atoms with Gasteiger partial charge in [0.25, 0.3) is 0 Å². The second-order valence-electron chi connectivity index (χ2n) is 11.3. The Morgan fingerprint density at radius 2 is 0.897 bits per heavy atom. The Morgan fingerprint density at radius 3 is 1.28 bits per heavy atom. The van der Waals surface area contributed by atoms with E-state index in [0.29, 0.717) is 0 Å². The van der Waals surface area contributed by atoms with Crippen LogP contribution in [0.5, 0.6) is 11.5 Å². The van der Waals surface area contributed by atoms with Crippen LogP contribution in [0.3, 0.4) is 0 Å². The van der Waals surface area contributed by atoms with Crippen molar-refractivity contribution >= 4 is 34.0 Å². The Kier molecular flexibility index (Phi) is 8.96. The summed E-state index contributed by atoms with van der Waals surface area (Å²) in [5.41, 5.74) is 2.84. The lowest BCUT2D eigenvalue weighted by atomic mass is 9.78. The average molecular weight is 545 g/mol. The molecule has 6 rings (SSSR count). The van der Waals surface area contributed by atoms with E-state index in [1.54, 1.807) is 14.2 Å². The molecule has 0 bridgehead atoms. The third-order valence-electron chi connectivity index (χ3n) is 8.97. The molecule has 2 heterocycles. The lowest BCUT2D eigenvalue weighted by molar-refractivity contribution is 0.0910. The van der Waals surface area contributed by atoms with Gasteiger partial charge in [0.1, 0.15) is 11.5 Å². The molecule has 4 aromatic carbocycles. The molecule has 0 aliphatic carbocycles. The number of benzene rings is 4. The quantitative estimate of drug-likeness (QED) is 0.240. The summed E-state index contributed by atoms with van der Waals surface area (Å²) in [6.07, 6.45) is 5.40. The highest BCUT2D eigenvalue weighted by molar-refractivity contribution is 5.86. The third-order valence-corrected chi connectivity index (χ3v) is 8.97. The second kappa shape index (κ2) is 12.6. The van der Waals surface area contributed by atoms with Gasteiger partial charge in [-0.15, -0.1) is 12.4 Å². The molecular weight excluding hydrogens is 504 g/mol. The van der Waals surface area contributed by atoms with Crippen molar-refractivity contribution in [3.05, 3.63) is 83.9 Å². The van der Waals surface area contributed by atoms with Gasteiger partial charge in [0.2, 0.25) is 0 Å². The van der Waals surface area contributed by atoms with Crippen LogP contribution in [0.25, 0.3) is 21.5 Å². The zero-order valence-electron chi connectivity index (χ0n) is 23.3. The van der Waals surface area contributed by atoms with Gasteiger partial charge in [-0.25, -0.2) is 0 Å². The van der Waals surface area contributed by atoms with Crippen LogP contribution >= 0.6 is 12.4 Å². The molecule has 0 aromatic heterocycles. The van der Waals surface area contributed by atoms with E-state index in [2.05, 4.69) is 82.6 Å². The van der Waals surface area contributed by atoms with Gasteiger partial charge in [-0.1, -0.05) is 36.4 Å². The number of likely N-dealkylation sites (tertiary alicyclic amines) is 2. The van der Waals surface area contributed by atoms with E-state index >= 15 is 0 Å². The summed E-state index contributed by atoms with van der Waals surface area (Å²) in [4.78, 5) is 5.32. The molecule has 0 saturated carbocycles. The SMILES string of the molecule is COc1ccc2cc(CN3CCC(C4CCN(Cc5ccc6cc(OC)ccc6c5)CC4)CC3)ccc2c1.Cl. The summed E-state index contributed by atoms with van der Waals surface area (Å²) in [5.74, 6) is 3.64. The van der Waals surface area contributed by atoms with Crippen LogP contribution in [0, 0.1) is 11.8 Å². The van der Waals surface area contributed by atoms with Gasteiger partial charge in [0.15, 0.2) is 0 Å². The van der Waals surface area contributed by atoms with Crippen molar-refractivity contribution in [2.45, 2.75) is 38.8 Å². The first-order chi connectivity index (χ1) is 18.7. The molecular formula is C34H41ClN2O2. The van der Waals surface area contributed by atoms with Crippen molar-refractivity contribution in [3.8, 4) is 11.5 Å². The maximum atomic E-state index is 5.37. The number of methoxy groups -OCH3 is 2. The lowest BCUT2D eigenvalue weighted by Gasteiger charge is -2.40. The van der Waals surface area contributed by atoms with Gasteiger partial charge in [0.05, 0.1) is 14.2 Å². The molecule has 5 heteroatoms. The molecule has 2 fully saturated rings. The van der Waals surface area contributed by atoms with Crippen molar-refractivity contribution in [2.75, 3.05) is 40.4 Å². The van der Waals surface area contributed by atoms with Gasteiger partial charge in [-0.2, -0.15) is 0 Å². The normalized spacial score (nSPS) is 17.8. The average Bonchev–Trinajstić information content (AvgIpc) is 2.97. The van der Waals surface area contributed by atoms with Crippen LogP contribution in [-0.4, -0.2) is 50.2 Å². The van der Waals surface area contributed by atoms with Gasteiger partial charge in [-0.3, -0.25) is 9.80 Å². The van der Waals surface area contributed by atoms with E-state index in [0.717, 1.165) is 36.4 Å². The minimum absolute atomic E-state index is 0. The minimum Gasteiger partial charge on any atom is -0.497 e. The summed E-state index contributed by atoms with van der Waals surface area (Å²) in [5, 5.41) is 5.10. The summed E-state index contributed by atoms with van der Waals surface area (Å²) < 4.78 is 10.7. The molecule has 0 radical (unpaired) electrons. The van der Waals surface area contributed by atoms with E-state index in [4.69, 9.17) is 9.47 Å². The van der Waals surface area contributed by atoms with Crippen molar-refractivity contribution in [1.29, 1.82) is 0 Å². The molecule has 2 saturated heterocycles. The zero-order chi connectivity index (χ0) is 25.9. The molecule has 0 N–H and O–H groups in total. The Bertz CT molecular complexity index is 1280. The maximum Gasteiger partial charge on any atom is 0.119 e. The smallest absolute Gasteiger partial charge is 0.119 e. The highest BCUT2D eigenvalue weighted by Gasteiger charge is 2.29. The van der Waals surface area contributed by atoms with Crippen molar-refractivity contribution in [2.24, 2.45) is 11.8 Å². The highest BCUT2D eigenvalue weighted by Crippen LogP contribution is 2.34. The Morgan fingerprint density at radius 1 is 0.538 bits per heavy atom. The number of fused-ring (bicyclic) bond motifs is 2. The predicted octanol–water partition coefficient (Wildman–Crippen LogP) is 7.56. The first-order valence-corrected chi connectivity index (χ1v) is 14.2. The Balaban J connectivity index is 0.00000308. The Hall–Kier alpha value is -2.79. The molecule has 206 valence electrons. The number of halogens is 1. The molecule has 0 atom stereocenters. The number of piperidine rings is 2. The monoisotopic (exact) mass is 544 g/mol. The topological polar surface area (TPSA) is 24.9 Å². The van der Waals surface area contributed by atoms with Gasteiger partial charge in [-0.05, 0) is 133 Å². The zero-order valence-corrected chi connectivity index (χ0v) is 24.1. The molecule has 2 aliphatic rings. The molecule has 0 spiro atoms. The summed E-state index contributed by atoms with van der Waals surface area (Å²) in [7, 11) is 3.46. The number of ether oxygens (including phenoxy) is 2. The highest BCUT2D eigenvalue weighted by atomic mass is 35.5. The van der Waals surface area contributed by atoms with E-state index in [9.17, 15) is 0 Å². The molecule has 0 unspecified atom stereocenters. The van der Waals surface area contributed by atoms with Crippen molar-refractivity contribution < 1.29 is 9.47 Å². The molecule has 4 nitrogen and oxygen atoms in total. The maximum absolute atomic E-state index is 5.37. The molecule has 39 heavy (non-hydrogen) atoms. The van der Waals surface area contributed by atoms with Crippen LogP contribution in [0.4, 0.5) is 0 Å².